The largest absolute Gasteiger partial charge is 0.361 e. The van der Waals surface area contributed by atoms with Gasteiger partial charge in [-0.2, -0.15) is 0 Å². The van der Waals surface area contributed by atoms with Crippen LogP contribution in [-0.2, 0) is 26.3 Å². The molecule has 3 aromatic rings. The maximum atomic E-state index is 13.8. The van der Waals surface area contributed by atoms with Gasteiger partial charge >= 0.3 is 0 Å². The van der Waals surface area contributed by atoms with Crippen LogP contribution in [-0.4, -0.2) is 39.7 Å². The average molecular weight is 477 g/mol. The lowest BCUT2D eigenvalue weighted by Crippen LogP contribution is -2.54. The zero-order valence-corrected chi connectivity index (χ0v) is 19.6. The van der Waals surface area contributed by atoms with Gasteiger partial charge in [-0.15, -0.1) is 0 Å². The highest BCUT2D eigenvalue weighted by Crippen LogP contribution is 2.54. The van der Waals surface area contributed by atoms with Crippen molar-refractivity contribution < 1.29 is 14.4 Å². The third-order valence-electron chi connectivity index (χ3n) is 7.86. The van der Waals surface area contributed by atoms with Crippen molar-refractivity contribution in [2.45, 2.75) is 44.3 Å². The van der Waals surface area contributed by atoms with Crippen LogP contribution in [0.25, 0.3) is 10.9 Å². The molecule has 4 heterocycles. The van der Waals surface area contributed by atoms with E-state index in [4.69, 9.17) is 11.6 Å². The Kier molecular flexibility index (Phi) is 4.66. The highest BCUT2D eigenvalue weighted by molar-refractivity contribution is 6.31. The molecule has 0 radical (unpaired) electrons. The molecule has 2 fully saturated rings. The first-order valence-corrected chi connectivity index (χ1v) is 12.1. The molecule has 1 spiro atoms. The van der Waals surface area contributed by atoms with Crippen LogP contribution in [0.1, 0.15) is 31.4 Å². The number of rotatable bonds is 4. The molecular weight excluding hydrogens is 452 g/mol. The minimum atomic E-state index is -1.34. The minimum Gasteiger partial charge on any atom is -0.361 e. The van der Waals surface area contributed by atoms with E-state index in [-0.39, 0.29) is 23.8 Å². The summed E-state index contributed by atoms with van der Waals surface area (Å²) in [6.45, 7) is 3.83. The van der Waals surface area contributed by atoms with Gasteiger partial charge in [0.2, 0.25) is 17.7 Å². The van der Waals surface area contributed by atoms with Crippen LogP contribution >= 0.6 is 11.6 Å². The lowest BCUT2D eigenvalue weighted by molar-refractivity contribution is -0.145. The van der Waals surface area contributed by atoms with Crippen LogP contribution in [0.2, 0.25) is 5.02 Å². The SMILES string of the molecule is CCC(C)N1C(=O)C2C(Cc3c[nH]c4ccccc34)NC3(C(=O)Nc4ccc(Cl)cc43)C2C1=O. The molecule has 8 heteroatoms. The van der Waals surface area contributed by atoms with Crippen molar-refractivity contribution in [1.82, 2.24) is 15.2 Å². The lowest BCUT2D eigenvalue weighted by atomic mass is 9.76. The quantitative estimate of drug-likeness (QED) is 0.502. The average Bonchev–Trinajstić information content (AvgIpc) is 3.53. The molecule has 3 N–H and O–H groups in total. The molecule has 34 heavy (non-hydrogen) atoms. The Morgan fingerprint density at radius 1 is 1.12 bits per heavy atom. The topological polar surface area (TPSA) is 94.3 Å². The molecule has 0 aliphatic carbocycles. The van der Waals surface area contributed by atoms with Gasteiger partial charge in [-0.3, -0.25) is 24.6 Å². The lowest BCUT2D eigenvalue weighted by Gasteiger charge is -2.31. The van der Waals surface area contributed by atoms with E-state index in [2.05, 4.69) is 15.6 Å². The first kappa shape index (κ1) is 21.4. The normalized spacial score (nSPS) is 28.6. The number of carbonyl (C=O) groups is 3. The van der Waals surface area contributed by atoms with Gasteiger partial charge in [-0.05, 0) is 49.6 Å². The van der Waals surface area contributed by atoms with Gasteiger partial charge in [0, 0.05) is 45.5 Å². The fraction of sp³-hybridized carbons (Fsp3) is 0.346. The van der Waals surface area contributed by atoms with Crippen molar-refractivity contribution in [3.8, 4) is 0 Å². The number of anilines is 1. The number of likely N-dealkylation sites (tertiary alicyclic amines) is 1. The number of para-hydroxylation sites is 1. The molecule has 0 bridgehead atoms. The second-order valence-corrected chi connectivity index (χ2v) is 10.0. The summed E-state index contributed by atoms with van der Waals surface area (Å²) in [7, 11) is 0. The summed E-state index contributed by atoms with van der Waals surface area (Å²) in [6.07, 6.45) is 3.10. The molecule has 174 valence electrons. The van der Waals surface area contributed by atoms with E-state index in [9.17, 15) is 14.4 Å². The number of amides is 3. The Hall–Kier alpha value is -3.16. The van der Waals surface area contributed by atoms with E-state index in [0.717, 1.165) is 16.5 Å². The van der Waals surface area contributed by atoms with Gasteiger partial charge in [-0.1, -0.05) is 36.7 Å². The monoisotopic (exact) mass is 476 g/mol. The van der Waals surface area contributed by atoms with Gasteiger partial charge in [0.05, 0.1) is 11.8 Å². The van der Waals surface area contributed by atoms with Crippen molar-refractivity contribution in [2.75, 3.05) is 5.32 Å². The van der Waals surface area contributed by atoms with Crippen LogP contribution in [0.5, 0.6) is 0 Å². The Balaban J connectivity index is 1.50. The van der Waals surface area contributed by atoms with E-state index < -0.39 is 23.4 Å². The van der Waals surface area contributed by atoms with Gasteiger partial charge in [0.25, 0.3) is 0 Å². The maximum Gasteiger partial charge on any atom is 0.250 e. The van der Waals surface area contributed by atoms with E-state index in [1.54, 1.807) is 18.2 Å². The highest BCUT2D eigenvalue weighted by Gasteiger charge is 2.70. The van der Waals surface area contributed by atoms with E-state index in [0.29, 0.717) is 29.1 Å². The summed E-state index contributed by atoms with van der Waals surface area (Å²) in [6, 6.07) is 12.5. The third-order valence-corrected chi connectivity index (χ3v) is 8.09. The van der Waals surface area contributed by atoms with Crippen LogP contribution in [0, 0.1) is 11.8 Å². The molecule has 5 atom stereocenters. The first-order valence-electron chi connectivity index (χ1n) is 11.7. The fourth-order valence-electron chi connectivity index (χ4n) is 6.13. The van der Waals surface area contributed by atoms with Crippen molar-refractivity contribution in [2.24, 2.45) is 11.8 Å². The molecule has 6 rings (SSSR count). The van der Waals surface area contributed by atoms with Crippen LogP contribution in [0.15, 0.2) is 48.7 Å². The Labute approximate surface area is 201 Å². The fourth-order valence-corrected chi connectivity index (χ4v) is 6.30. The van der Waals surface area contributed by atoms with Crippen molar-refractivity contribution in [3.63, 3.8) is 0 Å². The number of benzene rings is 2. The molecule has 1 aromatic heterocycles. The molecule has 3 amide bonds. The van der Waals surface area contributed by atoms with Crippen molar-refractivity contribution in [3.05, 3.63) is 64.8 Å². The number of aromatic nitrogens is 1. The highest BCUT2D eigenvalue weighted by atomic mass is 35.5. The summed E-state index contributed by atoms with van der Waals surface area (Å²) < 4.78 is 0. The van der Waals surface area contributed by atoms with Crippen LogP contribution in [0.3, 0.4) is 0 Å². The Bertz CT molecular complexity index is 1370. The number of imide groups is 1. The smallest absolute Gasteiger partial charge is 0.250 e. The van der Waals surface area contributed by atoms with Gasteiger partial charge in [0.15, 0.2) is 0 Å². The number of H-pyrrole nitrogens is 1. The van der Waals surface area contributed by atoms with E-state index >= 15 is 0 Å². The number of hydrogen-bond donors (Lipinski definition) is 3. The molecule has 3 aliphatic heterocycles. The van der Waals surface area contributed by atoms with Crippen LogP contribution < -0.4 is 10.6 Å². The van der Waals surface area contributed by atoms with Gasteiger partial charge in [0.1, 0.15) is 5.54 Å². The number of fused-ring (bicyclic) bond motifs is 5. The molecular formula is C26H25ClN4O3. The number of hydrogen-bond acceptors (Lipinski definition) is 4. The summed E-state index contributed by atoms with van der Waals surface area (Å²) >= 11 is 6.33. The Morgan fingerprint density at radius 2 is 1.91 bits per heavy atom. The van der Waals surface area contributed by atoms with Crippen molar-refractivity contribution >= 4 is 45.9 Å². The number of nitrogens with one attached hydrogen (secondary N) is 3. The Morgan fingerprint density at radius 3 is 2.71 bits per heavy atom. The molecule has 7 nitrogen and oxygen atoms in total. The maximum absolute atomic E-state index is 13.8. The number of aromatic amines is 1. The molecule has 0 saturated carbocycles. The third kappa shape index (κ3) is 2.71. The second kappa shape index (κ2) is 7.42. The standard InChI is InChI=1S/C26H25ClN4O3/c1-3-13(2)31-23(32)21-20(10-14-12-28-18-7-5-4-6-16(14)18)30-26(22(21)24(31)33)17-11-15(27)8-9-19(17)29-25(26)34/h4-9,11-13,20-22,28,30H,3,10H2,1-2H3,(H,29,34). The summed E-state index contributed by atoms with van der Waals surface area (Å²) in [4.78, 5) is 45.8. The molecule has 5 unspecified atom stereocenters. The summed E-state index contributed by atoms with van der Waals surface area (Å²) in [5.74, 6) is -2.29. The zero-order valence-electron chi connectivity index (χ0n) is 18.9. The number of nitrogens with zero attached hydrogens (tertiary/aromatic N) is 1. The molecule has 2 aromatic carbocycles. The second-order valence-electron chi connectivity index (χ2n) is 9.57. The zero-order chi connectivity index (χ0) is 23.8. The minimum absolute atomic E-state index is 0.207. The van der Waals surface area contributed by atoms with Crippen LogP contribution in [0.4, 0.5) is 5.69 Å². The summed E-state index contributed by atoms with van der Waals surface area (Å²) in [5, 5.41) is 7.96. The van der Waals surface area contributed by atoms with Crippen molar-refractivity contribution in [1.29, 1.82) is 0 Å². The number of carbonyl (C=O) groups excluding carboxylic acids is 3. The van der Waals surface area contributed by atoms with Gasteiger partial charge < -0.3 is 10.3 Å². The van der Waals surface area contributed by atoms with Gasteiger partial charge in [-0.25, -0.2) is 0 Å². The molecule has 3 aliphatic rings. The number of halogens is 1. The summed E-state index contributed by atoms with van der Waals surface area (Å²) in [5.41, 5.74) is 1.96. The van der Waals surface area contributed by atoms with E-state index in [1.807, 2.05) is 44.3 Å². The van der Waals surface area contributed by atoms with E-state index in [1.165, 1.54) is 4.90 Å². The molecule has 2 saturated heterocycles. The first-order chi connectivity index (χ1) is 16.4. The predicted octanol–water partition coefficient (Wildman–Crippen LogP) is 3.58. The predicted molar refractivity (Wildman–Crippen MR) is 129 cm³/mol.